The van der Waals surface area contributed by atoms with Gasteiger partial charge >= 0.3 is 12.1 Å². The van der Waals surface area contributed by atoms with E-state index in [0.717, 1.165) is 24.0 Å². The molecule has 1 aliphatic heterocycles. The fourth-order valence-corrected chi connectivity index (χ4v) is 5.17. The van der Waals surface area contributed by atoms with Crippen LogP contribution in [0.1, 0.15) is 36.3 Å². The lowest BCUT2D eigenvalue weighted by atomic mass is 9.98. The van der Waals surface area contributed by atoms with E-state index in [4.69, 9.17) is 9.47 Å². The van der Waals surface area contributed by atoms with Crippen molar-refractivity contribution >= 4 is 18.0 Å². The summed E-state index contributed by atoms with van der Waals surface area (Å²) < 4.78 is 11.3. The van der Waals surface area contributed by atoms with Gasteiger partial charge in [0, 0.05) is 31.5 Å². The third kappa shape index (κ3) is 5.17. The molecule has 35 heavy (non-hydrogen) atoms. The van der Waals surface area contributed by atoms with Crippen LogP contribution in [0.25, 0.3) is 11.1 Å². The van der Waals surface area contributed by atoms with Crippen molar-refractivity contribution < 1.29 is 29.0 Å². The molecule has 2 fully saturated rings. The number of hydrogen-bond donors (Lipinski definition) is 2. The van der Waals surface area contributed by atoms with Gasteiger partial charge in [-0.3, -0.25) is 9.59 Å². The van der Waals surface area contributed by atoms with Crippen molar-refractivity contribution in [2.24, 2.45) is 11.8 Å². The standard InChI is InChI=1S/C27H30N2O6/c30-24(31)15-29(14-17-9-10-17)26(32)25-18(11-12-34-25)13-28-27(33)35-16-23-21-7-3-1-5-19(21)20-6-2-4-8-22(20)23/h1-8,17-18,23,25H,9-16H2,(H,28,33)(H,30,31). The summed E-state index contributed by atoms with van der Waals surface area (Å²) in [6, 6.07) is 16.3. The van der Waals surface area contributed by atoms with E-state index >= 15 is 0 Å². The van der Waals surface area contributed by atoms with E-state index < -0.39 is 18.2 Å². The van der Waals surface area contributed by atoms with Crippen molar-refractivity contribution in [1.82, 2.24) is 10.2 Å². The van der Waals surface area contributed by atoms with Gasteiger partial charge in [-0.05, 0) is 47.4 Å². The molecule has 1 saturated heterocycles. The van der Waals surface area contributed by atoms with Crippen molar-refractivity contribution in [3.8, 4) is 11.1 Å². The molecule has 0 spiro atoms. The lowest BCUT2D eigenvalue weighted by Gasteiger charge is -2.26. The van der Waals surface area contributed by atoms with Crippen LogP contribution in [0.2, 0.25) is 0 Å². The first-order valence-corrected chi connectivity index (χ1v) is 12.2. The number of aliphatic carboxylic acids is 1. The molecule has 2 atom stereocenters. The summed E-state index contributed by atoms with van der Waals surface area (Å²) in [5.74, 6) is -1.22. The lowest BCUT2D eigenvalue weighted by molar-refractivity contribution is -0.150. The monoisotopic (exact) mass is 478 g/mol. The van der Waals surface area contributed by atoms with Gasteiger partial charge in [-0.2, -0.15) is 0 Å². The highest BCUT2D eigenvalue weighted by molar-refractivity contribution is 5.85. The Bertz CT molecular complexity index is 1070. The number of nitrogens with zero attached hydrogens (tertiary/aromatic N) is 1. The number of fused-ring (bicyclic) bond motifs is 3. The van der Waals surface area contributed by atoms with Crippen LogP contribution < -0.4 is 5.32 Å². The van der Waals surface area contributed by atoms with Gasteiger partial charge in [-0.1, -0.05) is 48.5 Å². The van der Waals surface area contributed by atoms with E-state index in [1.807, 2.05) is 24.3 Å². The molecule has 184 valence electrons. The molecule has 2 N–H and O–H groups in total. The Morgan fingerprint density at radius 2 is 1.66 bits per heavy atom. The molecule has 2 unspecified atom stereocenters. The second-order valence-electron chi connectivity index (χ2n) is 9.60. The number of ether oxygens (including phenoxy) is 2. The summed E-state index contributed by atoms with van der Waals surface area (Å²) in [5, 5.41) is 12.0. The van der Waals surface area contributed by atoms with Gasteiger partial charge in [0.05, 0.1) is 0 Å². The molecule has 1 heterocycles. The Morgan fingerprint density at radius 3 is 2.29 bits per heavy atom. The maximum Gasteiger partial charge on any atom is 0.407 e. The first-order valence-electron chi connectivity index (χ1n) is 12.2. The van der Waals surface area contributed by atoms with Crippen molar-refractivity contribution in [2.75, 3.05) is 32.8 Å². The smallest absolute Gasteiger partial charge is 0.407 e. The normalized spacial score (nSPS) is 20.7. The van der Waals surface area contributed by atoms with Crippen LogP contribution in [-0.4, -0.2) is 66.9 Å². The molecule has 2 aromatic carbocycles. The average Bonchev–Trinajstić information content (AvgIpc) is 3.45. The third-order valence-corrected chi connectivity index (χ3v) is 7.12. The fourth-order valence-electron chi connectivity index (χ4n) is 5.17. The van der Waals surface area contributed by atoms with E-state index in [2.05, 4.69) is 29.6 Å². The number of carboxylic acid groups (broad SMARTS) is 1. The molecule has 0 aromatic heterocycles. The van der Waals surface area contributed by atoms with Gasteiger partial charge in [0.2, 0.25) is 0 Å². The maximum absolute atomic E-state index is 13.0. The van der Waals surface area contributed by atoms with Crippen LogP contribution in [0.3, 0.4) is 0 Å². The Labute approximate surface area is 204 Å². The van der Waals surface area contributed by atoms with Crippen molar-refractivity contribution in [2.45, 2.75) is 31.3 Å². The molecule has 2 aliphatic carbocycles. The number of nitrogens with one attached hydrogen (secondary N) is 1. The molecular weight excluding hydrogens is 448 g/mol. The molecule has 8 nitrogen and oxygen atoms in total. The number of hydrogen-bond acceptors (Lipinski definition) is 5. The van der Waals surface area contributed by atoms with E-state index in [1.165, 1.54) is 16.0 Å². The quantitative estimate of drug-likeness (QED) is 0.573. The van der Waals surface area contributed by atoms with Crippen LogP contribution in [-0.2, 0) is 19.1 Å². The van der Waals surface area contributed by atoms with Gasteiger partial charge in [-0.25, -0.2) is 4.79 Å². The first-order chi connectivity index (χ1) is 17.0. The number of amides is 2. The Kier molecular flexibility index (Phi) is 6.72. The molecule has 5 rings (SSSR count). The number of rotatable bonds is 9. The maximum atomic E-state index is 13.0. The Morgan fingerprint density at radius 1 is 1.00 bits per heavy atom. The second-order valence-corrected chi connectivity index (χ2v) is 9.60. The highest BCUT2D eigenvalue weighted by Gasteiger charge is 2.39. The first kappa shape index (κ1) is 23.4. The molecule has 0 radical (unpaired) electrons. The predicted octanol–water partition coefficient (Wildman–Crippen LogP) is 3.25. The summed E-state index contributed by atoms with van der Waals surface area (Å²) in [4.78, 5) is 38.2. The van der Waals surface area contributed by atoms with Crippen LogP contribution in [0.5, 0.6) is 0 Å². The largest absolute Gasteiger partial charge is 0.480 e. The molecule has 1 saturated carbocycles. The second kappa shape index (κ2) is 10.1. The summed E-state index contributed by atoms with van der Waals surface area (Å²) in [6.45, 7) is 0.964. The number of alkyl carbamates (subject to hydrolysis) is 1. The lowest BCUT2D eigenvalue weighted by Crippen LogP contribution is -2.47. The zero-order chi connectivity index (χ0) is 24.4. The molecule has 2 amide bonds. The van der Waals surface area contributed by atoms with E-state index in [-0.39, 0.29) is 37.4 Å². The van der Waals surface area contributed by atoms with Crippen LogP contribution in [0.15, 0.2) is 48.5 Å². The van der Waals surface area contributed by atoms with Gasteiger partial charge in [0.15, 0.2) is 0 Å². The van der Waals surface area contributed by atoms with Gasteiger partial charge < -0.3 is 24.8 Å². The molecule has 8 heteroatoms. The topological polar surface area (TPSA) is 105 Å². The van der Waals surface area contributed by atoms with Crippen LogP contribution >= 0.6 is 0 Å². The van der Waals surface area contributed by atoms with Gasteiger partial charge in [-0.15, -0.1) is 0 Å². The molecule has 3 aliphatic rings. The zero-order valence-electron chi connectivity index (χ0n) is 19.5. The fraction of sp³-hybridized carbons (Fsp3) is 0.444. The van der Waals surface area contributed by atoms with Crippen molar-refractivity contribution in [3.05, 3.63) is 59.7 Å². The van der Waals surface area contributed by atoms with Crippen molar-refractivity contribution in [1.29, 1.82) is 0 Å². The summed E-state index contributed by atoms with van der Waals surface area (Å²) in [7, 11) is 0. The average molecular weight is 479 g/mol. The summed E-state index contributed by atoms with van der Waals surface area (Å²) in [5.41, 5.74) is 4.62. The van der Waals surface area contributed by atoms with E-state index in [1.54, 1.807) is 0 Å². The number of benzene rings is 2. The van der Waals surface area contributed by atoms with E-state index in [9.17, 15) is 19.5 Å². The zero-order valence-corrected chi connectivity index (χ0v) is 19.5. The number of carbonyl (C=O) groups excluding carboxylic acids is 2. The minimum Gasteiger partial charge on any atom is -0.480 e. The molecule has 2 aromatic rings. The predicted molar refractivity (Wildman–Crippen MR) is 128 cm³/mol. The van der Waals surface area contributed by atoms with E-state index in [0.29, 0.717) is 25.5 Å². The Balaban J connectivity index is 1.16. The molecular formula is C27H30N2O6. The Hall–Kier alpha value is -3.39. The number of carboxylic acids is 1. The van der Waals surface area contributed by atoms with Gasteiger partial charge in [0.25, 0.3) is 5.91 Å². The van der Waals surface area contributed by atoms with Crippen molar-refractivity contribution in [3.63, 3.8) is 0 Å². The SMILES string of the molecule is O=C(O)CN(CC1CC1)C(=O)C1OCCC1CNC(=O)OCC1c2ccccc2-c2ccccc21. The minimum absolute atomic E-state index is 0.0238. The third-order valence-electron chi connectivity index (χ3n) is 7.12. The summed E-state index contributed by atoms with van der Waals surface area (Å²) >= 11 is 0. The molecule has 0 bridgehead atoms. The highest BCUT2D eigenvalue weighted by Crippen LogP contribution is 2.44. The highest BCUT2D eigenvalue weighted by atomic mass is 16.5. The minimum atomic E-state index is -1.04. The van der Waals surface area contributed by atoms with Crippen LogP contribution in [0, 0.1) is 11.8 Å². The number of carbonyl (C=O) groups is 3. The van der Waals surface area contributed by atoms with Crippen LogP contribution in [0.4, 0.5) is 4.79 Å². The summed E-state index contributed by atoms with van der Waals surface area (Å²) in [6.07, 6.45) is 1.36. The van der Waals surface area contributed by atoms with Gasteiger partial charge in [0.1, 0.15) is 19.3 Å².